The summed E-state index contributed by atoms with van der Waals surface area (Å²) in [5, 5.41) is 4.85. The molecule has 0 aliphatic carbocycles. The van der Waals surface area contributed by atoms with Gasteiger partial charge in [-0.25, -0.2) is 19.9 Å². The van der Waals surface area contributed by atoms with Crippen molar-refractivity contribution in [2.75, 3.05) is 0 Å². The fourth-order valence-electron chi connectivity index (χ4n) is 8.13. The van der Waals surface area contributed by atoms with Crippen molar-refractivity contribution in [3.05, 3.63) is 194 Å². The summed E-state index contributed by atoms with van der Waals surface area (Å²) >= 11 is 0. The van der Waals surface area contributed by atoms with Gasteiger partial charge in [0.25, 0.3) is 0 Å². The summed E-state index contributed by atoms with van der Waals surface area (Å²) in [6.45, 7) is 0. The normalized spacial score (nSPS) is 11.6. The molecule has 0 unspecified atom stereocenters. The van der Waals surface area contributed by atoms with Gasteiger partial charge < -0.3 is 9.13 Å². The molecule has 4 aromatic heterocycles. The van der Waals surface area contributed by atoms with Gasteiger partial charge in [-0.05, 0) is 60.7 Å². The van der Waals surface area contributed by atoms with Gasteiger partial charge >= 0.3 is 0 Å². The molecule has 0 aliphatic heterocycles. The molecule has 0 bridgehead atoms. The average Bonchev–Trinajstić information content (AvgIpc) is 3.80. The number of benzene rings is 7. The molecule has 7 aromatic carbocycles. The third kappa shape index (κ3) is 5.27. The quantitative estimate of drug-likeness (QED) is 0.172. The van der Waals surface area contributed by atoms with Gasteiger partial charge in [-0.15, -0.1) is 0 Å². The monoisotopic (exact) mass is 716 g/mol. The number of nitrogens with zero attached hydrogens (tertiary/aromatic N) is 6. The minimum atomic E-state index is 0.653. The van der Waals surface area contributed by atoms with Gasteiger partial charge in [0.15, 0.2) is 11.6 Å². The second-order valence-electron chi connectivity index (χ2n) is 14.0. The second-order valence-corrected chi connectivity index (χ2v) is 14.0. The summed E-state index contributed by atoms with van der Waals surface area (Å²) in [6, 6.07) is 63.9. The molecule has 6 nitrogen and oxygen atoms in total. The largest absolute Gasteiger partial charge is 0.309 e. The van der Waals surface area contributed by atoms with Crippen LogP contribution in [0.1, 0.15) is 0 Å². The summed E-state index contributed by atoms with van der Waals surface area (Å²) in [5.74, 6) is 1.32. The van der Waals surface area contributed by atoms with E-state index in [0.717, 1.165) is 67.1 Å². The summed E-state index contributed by atoms with van der Waals surface area (Å²) in [4.78, 5) is 19.5. The molecule has 0 amide bonds. The molecule has 262 valence electrons. The SMILES string of the molecule is c1ccc(-c2nc(-c3cccc(-c4ncccn4)c3)cc(-c3cc(-n4c5ccccc5c5ccccc54)cc(-n4c5ccccc5c5ccccc54)c3)n2)cc1. The number of para-hydroxylation sites is 4. The topological polar surface area (TPSA) is 61.4 Å². The van der Waals surface area contributed by atoms with Gasteiger partial charge in [0, 0.05) is 67.6 Å². The lowest BCUT2D eigenvalue weighted by Gasteiger charge is -2.16. The van der Waals surface area contributed by atoms with Crippen LogP contribution in [0.4, 0.5) is 0 Å². The summed E-state index contributed by atoms with van der Waals surface area (Å²) in [5.41, 5.74) is 12.1. The standard InChI is InChI=1S/C50H32N6/c1-2-14-33(15-3-1)50-53-43(34-16-12-17-35(28-34)49-51-26-13-27-52-49)32-44(54-50)36-29-37(55-45-22-8-4-18-39(45)40-19-5-9-23-46(40)55)31-38(30-36)56-47-24-10-6-20-41(47)42-21-7-11-25-48(42)56/h1-32H. The van der Waals surface area contributed by atoms with E-state index in [1.807, 2.05) is 36.4 Å². The maximum Gasteiger partial charge on any atom is 0.160 e. The molecule has 0 atom stereocenters. The Labute approximate surface area is 322 Å². The maximum absolute atomic E-state index is 5.32. The van der Waals surface area contributed by atoms with Crippen molar-refractivity contribution >= 4 is 43.6 Å². The fourth-order valence-corrected chi connectivity index (χ4v) is 8.13. The van der Waals surface area contributed by atoms with E-state index >= 15 is 0 Å². The Morgan fingerprint density at radius 3 is 1.29 bits per heavy atom. The first-order valence-corrected chi connectivity index (χ1v) is 18.7. The van der Waals surface area contributed by atoms with E-state index in [9.17, 15) is 0 Å². The molecule has 4 heterocycles. The number of fused-ring (bicyclic) bond motifs is 6. The molecule has 0 aliphatic rings. The number of aromatic nitrogens is 6. The zero-order valence-corrected chi connectivity index (χ0v) is 30.2. The van der Waals surface area contributed by atoms with Gasteiger partial charge in [-0.1, -0.05) is 121 Å². The molecule has 11 rings (SSSR count). The van der Waals surface area contributed by atoms with Gasteiger partial charge in [0.05, 0.1) is 33.5 Å². The van der Waals surface area contributed by atoms with Crippen LogP contribution in [0.5, 0.6) is 0 Å². The predicted octanol–water partition coefficient (Wildman–Crippen LogP) is 12.1. The lowest BCUT2D eigenvalue weighted by molar-refractivity contribution is 1.13. The molecule has 0 saturated heterocycles. The maximum atomic E-state index is 5.32. The van der Waals surface area contributed by atoms with Crippen molar-refractivity contribution in [2.45, 2.75) is 0 Å². The first kappa shape index (κ1) is 31.8. The lowest BCUT2D eigenvalue weighted by Crippen LogP contribution is -2.01. The van der Waals surface area contributed by atoms with Crippen molar-refractivity contribution in [2.24, 2.45) is 0 Å². The van der Waals surface area contributed by atoms with Crippen LogP contribution in [-0.4, -0.2) is 29.1 Å². The van der Waals surface area contributed by atoms with E-state index in [1.54, 1.807) is 12.4 Å². The van der Waals surface area contributed by atoms with Crippen LogP contribution in [0, 0.1) is 0 Å². The number of hydrogen-bond acceptors (Lipinski definition) is 4. The van der Waals surface area contributed by atoms with Crippen molar-refractivity contribution in [3.8, 4) is 56.7 Å². The van der Waals surface area contributed by atoms with E-state index < -0.39 is 0 Å². The van der Waals surface area contributed by atoms with Gasteiger partial charge in [0.2, 0.25) is 0 Å². The zero-order chi connectivity index (χ0) is 37.0. The molecule has 0 fully saturated rings. The third-order valence-corrected chi connectivity index (χ3v) is 10.6. The van der Waals surface area contributed by atoms with Crippen molar-refractivity contribution in [3.63, 3.8) is 0 Å². The van der Waals surface area contributed by atoms with E-state index in [2.05, 4.69) is 165 Å². The van der Waals surface area contributed by atoms with E-state index in [-0.39, 0.29) is 0 Å². The van der Waals surface area contributed by atoms with Crippen LogP contribution in [0.3, 0.4) is 0 Å². The highest BCUT2D eigenvalue weighted by atomic mass is 15.0. The Morgan fingerprint density at radius 1 is 0.304 bits per heavy atom. The van der Waals surface area contributed by atoms with Crippen LogP contribution in [-0.2, 0) is 0 Å². The molecule has 0 N–H and O–H groups in total. The highest BCUT2D eigenvalue weighted by molar-refractivity contribution is 6.10. The Balaban J connectivity index is 1.21. The smallest absolute Gasteiger partial charge is 0.160 e. The van der Waals surface area contributed by atoms with Crippen LogP contribution in [0.15, 0.2) is 194 Å². The minimum absolute atomic E-state index is 0.653. The van der Waals surface area contributed by atoms with Crippen molar-refractivity contribution in [1.82, 2.24) is 29.1 Å². The second kappa shape index (κ2) is 13.0. The molecule has 56 heavy (non-hydrogen) atoms. The highest BCUT2D eigenvalue weighted by Gasteiger charge is 2.19. The summed E-state index contributed by atoms with van der Waals surface area (Å²) < 4.78 is 4.77. The number of hydrogen-bond donors (Lipinski definition) is 0. The first-order chi connectivity index (χ1) is 27.8. The molecular weight excluding hydrogens is 685 g/mol. The van der Waals surface area contributed by atoms with Gasteiger partial charge in [-0.2, -0.15) is 0 Å². The Kier molecular flexibility index (Phi) is 7.38. The highest BCUT2D eigenvalue weighted by Crippen LogP contribution is 2.38. The van der Waals surface area contributed by atoms with Gasteiger partial charge in [-0.3, -0.25) is 0 Å². The van der Waals surface area contributed by atoms with Crippen molar-refractivity contribution in [1.29, 1.82) is 0 Å². The first-order valence-electron chi connectivity index (χ1n) is 18.7. The fraction of sp³-hybridized carbons (Fsp3) is 0. The third-order valence-electron chi connectivity index (χ3n) is 10.6. The molecule has 6 heteroatoms. The Hall–Kier alpha value is -7.70. The number of rotatable bonds is 6. The summed E-state index contributed by atoms with van der Waals surface area (Å²) in [7, 11) is 0. The summed E-state index contributed by atoms with van der Waals surface area (Å²) in [6.07, 6.45) is 3.54. The molecule has 11 aromatic rings. The van der Waals surface area contributed by atoms with E-state index in [1.165, 1.54) is 21.5 Å². The molecule has 0 saturated carbocycles. The zero-order valence-electron chi connectivity index (χ0n) is 30.2. The molecule has 0 radical (unpaired) electrons. The van der Waals surface area contributed by atoms with E-state index in [0.29, 0.717) is 11.6 Å². The van der Waals surface area contributed by atoms with Crippen LogP contribution >= 0.6 is 0 Å². The lowest BCUT2D eigenvalue weighted by atomic mass is 10.0. The predicted molar refractivity (Wildman–Crippen MR) is 228 cm³/mol. The Bertz CT molecular complexity index is 3010. The van der Waals surface area contributed by atoms with Crippen molar-refractivity contribution < 1.29 is 0 Å². The Morgan fingerprint density at radius 2 is 0.750 bits per heavy atom. The van der Waals surface area contributed by atoms with Gasteiger partial charge in [0.1, 0.15) is 0 Å². The molecular formula is C50H32N6. The van der Waals surface area contributed by atoms with E-state index in [4.69, 9.17) is 9.97 Å². The van der Waals surface area contributed by atoms with Crippen LogP contribution in [0.2, 0.25) is 0 Å². The average molecular weight is 717 g/mol. The molecule has 0 spiro atoms. The minimum Gasteiger partial charge on any atom is -0.309 e. The van der Waals surface area contributed by atoms with Crippen LogP contribution < -0.4 is 0 Å². The van der Waals surface area contributed by atoms with Crippen LogP contribution in [0.25, 0.3) is 100 Å².